The fourth-order valence-corrected chi connectivity index (χ4v) is 11.8. The monoisotopic (exact) mass is 834 g/mol. The molecule has 0 fully saturated rings. The molecule has 2 aromatic heterocycles. The second kappa shape index (κ2) is 14.2. The van der Waals surface area contributed by atoms with E-state index >= 15 is 0 Å². The average molecular weight is 835 g/mol. The molecule has 64 heavy (non-hydrogen) atoms. The Bertz CT molecular complexity index is 3840. The van der Waals surface area contributed by atoms with Gasteiger partial charge in [-0.2, -0.15) is 0 Å². The van der Waals surface area contributed by atoms with E-state index in [1.165, 1.54) is 103 Å². The van der Waals surface area contributed by atoms with Gasteiger partial charge in [-0.15, -0.1) is 11.3 Å². The predicted octanol–water partition coefficient (Wildman–Crippen LogP) is 17.4. The highest BCUT2D eigenvalue weighted by Crippen LogP contribution is 2.50. The van der Waals surface area contributed by atoms with Crippen LogP contribution in [0.2, 0.25) is 0 Å². The first-order valence-electron chi connectivity index (χ1n) is 22.2. The molecule has 302 valence electrons. The van der Waals surface area contributed by atoms with Crippen LogP contribution in [0.1, 0.15) is 25.0 Å². The summed E-state index contributed by atoms with van der Waals surface area (Å²) in [5.74, 6) is 0. The van der Waals surface area contributed by atoms with Gasteiger partial charge in [-0.1, -0.05) is 153 Å². The molecular formula is C61H42N2S. The molecule has 0 saturated carbocycles. The number of para-hydroxylation sites is 1. The lowest BCUT2D eigenvalue weighted by Gasteiger charge is -2.27. The van der Waals surface area contributed by atoms with Crippen molar-refractivity contribution >= 4 is 81.1 Å². The van der Waals surface area contributed by atoms with Crippen molar-refractivity contribution in [2.75, 3.05) is 4.90 Å². The summed E-state index contributed by atoms with van der Waals surface area (Å²) in [5.41, 5.74) is 17.2. The van der Waals surface area contributed by atoms with E-state index in [2.05, 4.69) is 242 Å². The highest BCUT2D eigenvalue weighted by atomic mass is 32.1. The molecule has 0 spiro atoms. The van der Waals surface area contributed by atoms with Crippen LogP contribution >= 0.6 is 11.3 Å². The van der Waals surface area contributed by atoms with Crippen molar-refractivity contribution in [3.63, 3.8) is 0 Å². The van der Waals surface area contributed by atoms with Crippen LogP contribution in [-0.2, 0) is 5.41 Å². The third-order valence-electron chi connectivity index (χ3n) is 13.8. The second-order valence-corrected chi connectivity index (χ2v) is 18.8. The molecule has 13 rings (SSSR count). The van der Waals surface area contributed by atoms with Gasteiger partial charge in [0.1, 0.15) is 0 Å². The van der Waals surface area contributed by atoms with Crippen molar-refractivity contribution in [3.8, 4) is 39.1 Å². The summed E-state index contributed by atoms with van der Waals surface area (Å²) in [6.45, 7) is 4.69. The molecule has 0 unspecified atom stereocenters. The Hall–Kier alpha value is -7.72. The van der Waals surface area contributed by atoms with Crippen LogP contribution in [0, 0.1) is 0 Å². The first-order chi connectivity index (χ1) is 31.5. The van der Waals surface area contributed by atoms with Crippen LogP contribution < -0.4 is 4.90 Å². The molecule has 0 aliphatic heterocycles. The van der Waals surface area contributed by atoms with Gasteiger partial charge in [-0.25, -0.2) is 0 Å². The maximum atomic E-state index is 2.45. The Morgan fingerprint density at radius 1 is 0.391 bits per heavy atom. The summed E-state index contributed by atoms with van der Waals surface area (Å²) >= 11 is 1.86. The summed E-state index contributed by atoms with van der Waals surface area (Å²) in [6, 6.07) is 81.0. The normalized spacial score (nSPS) is 13.0. The number of hydrogen-bond acceptors (Lipinski definition) is 2. The van der Waals surface area contributed by atoms with Crippen LogP contribution in [0.3, 0.4) is 0 Å². The van der Waals surface area contributed by atoms with E-state index in [-0.39, 0.29) is 5.41 Å². The SMILES string of the molecule is CC1(C)c2ccccc2-c2cc(-n3c4ccccc4c4cc(-c5cccc(-c6cccc(N(c7ccc8sc9ccccc9c8c7)c7cccc8ccccc78)c6)c5)ccc43)ccc21. The highest BCUT2D eigenvalue weighted by Gasteiger charge is 2.35. The number of anilines is 3. The first kappa shape index (κ1) is 36.9. The van der Waals surface area contributed by atoms with Crippen molar-refractivity contribution in [1.29, 1.82) is 0 Å². The van der Waals surface area contributed by atoms with E-state index in [1.54, 1.807) is 0 Å². The fraction of sp³-hybridized carbons (Fsp3) is 0.0492. The van der Waals surface area contributed by atoms with Crippen molar-refractivity contribution in [2.45, 2.75) is 19.3 Å². The minimum atomic E-state index is -0.0269. The molecule has 10 aromatic carbocycles. The number of rotatable bonds is 6. The van der Waals surface area contributed by atoms with Gasteiger partial charge in [0, 0.05) is 58.8 Å². The van der Waals surface area contributed by atoms with Crippen LogP contribution in [0.4, 0.5) is 17.1 Å². The molecule has 0 saturated heterocycles. The number of fused-ring (bicyclic) bond motifs is 10. The van der Waals surface area contributed by atoms with Crippen molar-refractivity contribution < 1.29 is 0 Å². The molecule has 12 aromatic rings. The summed E-state index contributed by atoms with van der Waals surface area (Å²) in [5, 5.41) is 7.53. The molecule has 0 N–H and O–H groups in total. The molecule has 0 amide bonds. The van der Waals surface area contributed by atoms with Crippen molar-refractivity contribution in [2.24, 2.45) is 0 Å². The molecular weight excluding hydrogens is 793 g/mol. The van der Waals surface area contributed by atoms with Gasteiger partial charge in [0.25, 0.3) is 0 Å². The molecule has 1 aliphatic rings. The lowest BCUT2D eigenvalue weighted by atomic mass is 9.82. The molecule has 1 aliphatic carbocycles. The number of thiophene rings is 1. The molecule has 2 heterocycles. The van der Waals surface area contributed by atoms with Gasteiger partial charge in [-0.05, 0) is 129 Å². The fourth-order valence-electron chi connectivity index (χ4n) is 10.7. The third kappa shape index (κ3) is 5.64. The summed E-state index contributed by atoms with van der Waals surface area (Å²) in [4.78, 5) is 2.44. The zero-order valence-corrected chi connectivity index (χ0v) is 36.4. The number of benzene rings is 10. The maximum Gasteiger partial charge on any atom is 0.0541 e. The number of aromatic nitrogens is 1. The predicted molar refractivity (Wildman–Crippen MR) is 274 cm³/mol. The summed E-state index contributed by atoms with van der Waals surface area (Å²) in [7, 11) is 0. The van der Waals surface area contributed by atoms with Gasteiger partial charge in [0.05, 0.1) is 16.7 Å². The van der Waals surface area contributed by atoms with Gasteiger partial charge in [0.15, 0.2) is 0 Å². The Morgan fingerprint density at radius 2 is 1.03 bits per heavy atom. The van der Waals surface area contributed by atoms with Crippen LogP contribution in [0.15, 0.2) is 218 Å². The topological polar surface area (TPSA) is 8.17 Å². The third-order valence-corrected chi connectivity index (χ3v) is 14.9. The summed E-state index contributed by atoms with van der Waals surface area (Å²) < 4.78 is 5.06. The van der Waals surface area contributed by atoms with Gasteiger partial charge in [0.2, 0.25) is 0 Å². The Labute approximate surface area is 376 Å². The van der Waals surface area contributed by atoms with Gasteiger partial charge in [-0.3, -0.25) is 0 Å². The van der Waals surface area contributed by atoms with E-state index in [9.17, 15) is 0 Å². The van der Waals surface area contributed by atoms with E-state index in [4.69, 9.17) is 0 Å². The second-order valence-electron chi connectivity index (χ2n) is 17.7. The van der Waals surface area contributed by atoms with Gasteiger partial charge >= 0.3 is 0 Å². The maximum absolute atomic E-state index is 2.45. The Kier molecular flexibility index (Phi) is 8.16. The minimum absolute atomic E-state index is 0.0269. The van der Waals surface area contributed by atoms with E-state index < -0.39 is 0 Å². The Morgan fingerprint density at radius 3 is 1.92 bits per heavy atom. The largest absolute Gasteiger partial charge is 0.310 e. The quantitative estimate of drug-likeness (QED) is 0.162. The zero-order valence-electron chi connectivity index (χ0n) is 35.6. The van der Waals surface area contributed by atoms with E-state index in [0.717, 1.165) is 17.1 Å². The van der Waals surface area contributed by atoms with Crippen molar-refractivity contribution in [1.82, 2.24) is 4.57 Å². The van der Waals surface area contributed by atoms with Gasteiger partial charge < -0.3 is 9.47 Å². The molecule has 3 heteroatoms. The average Bonchev–Trinajstić information content (AvgIpc) is 3.96. The zero-order chi connectivity index (χ0) is 42.5. The van der Waals surface area contributed by atoms with E-state index in [0.29, 0.717) is 0 Å². The summed E-state index contributed by atoms with van der Waals surface area (Å²) in [6.07, 6.45) is 0. The Balaban J connectivity index is 0.914. The van der Waals surface area contributed by atoms with Crippen molar-refractivity contribution in [3.05, 3.63) is 230 Å². The standard InChI is InChI=1S/C61H42N2S/c1-61(2)54-24-8-5-21-48(54)51-37-46(29-31-55(51)61)63-57-25-9-6-22-49(57)52-36-43(28-32-58(52)63)41-17-11-16-40(34-41)42-18-12-19-44(35-42)62(56-26-13-15-39-14-3-4-20-47(39)56)45-30-33-60-53(38-45)50-23-7-10-27-59(50)64-60/h3-38H,1-2H3. The van der Waals surface area contributed by atoms with Crippen LogP contribution in [-0.4, -0.2) is 4.57 Å². The molecule has 0 bridgehead atoms. The molecule has 0 atom stereocenters. The molecule has 2 nitrogen and oxygen atoms in total. The lowest BCUT2D eigenvalue weighted by molar-refractivity contribution is 0.660. The first-order valence-corrected chi connectivity index (χ1v) is 23.0. The lowest BCUT2D eigenvalue weighted by Crippen LogP contribution is -2.14. The minimum Gasteiger partial charge on any atom is -0.310 e. The molecule has 0 radical (unpaired) electrons. The number of nitrogens with zero attached hydrogens (tertiary/aromatic N) is 2. The van der Waals surface area contributed by atoms with Crippen LogP contribution in [0.5, 0.6) is 0 Å². The van der Waals surface area contributed by atoms with E-state index in [1.807, 2.05) is 11.3 Å². The number of hydrogen-bond donors (Lipinski definition) is 0. The highest BCUT2D eigenvalue weighted by molar-refractivity contribution is 7.25. The smallest absolute Gasteiger partial charge is 0.0541 e. The van der Waals surface area contributed by atoms with Crippen LogP contribution in [0.25, 0.3) is 91.8 Å².